The summed E-state index contributed by atoms with van der Waals surface area (Å²) in [5, 5.41) is 38.9. The van der Waals surface area contributed by atoms with Crippen molar-refractivity contribution in [2.75, 3.05) is 33.1 Å². The second-order valence-electron chi connectivity index (χ2n) is 9.62. The van der Waals surface area contributed by atoms with E-state index in [9.17, 15) is 29.7 Å². The zero-order valence-electron chi connectivity index (χ0n) is 23.5. The highest BCUT2D eigenvalue weighted by atomic mass is 35.5. The van der Waals surface area contributed by atoms with Gasteiger partial charge in [0.2, 0.25) is 0 Å². The highest BCUT2D eigenvalue weighted by molar-refractivity contribution is 6.18. The van der Waals surface area contributed by atoms with Crippen molar-refractivity contribution in [3.8, 4) is 5.75 Å². The van der Waals surface area contributed by atoms with Crippen LogP contribution in [0.15, 0.2) is 84.9 Å². The smallest absolute Gasteiger partial charge is 0.119 e. The Morgan fingerprint density at radius 3 is 1.69 bits per heavy atom. The van der Waals surface area contributed by atoms with Gasteiger partial charge in [-0.3, -0.25) is 0 Å². The largest absolute Gasteiger partial charge is 0.550 e. The van der Waals surface area contributed by atoms with Gasteiger partial charge in [0.1, 0.15) is 18.0 Å². The molecular weight excluding hydrogens is 562 g/mol. The predicted octanol–water partition coefficient (Wildman–Crippen LogP) is 0.962. The van der Waals surface area contributed by atoms with Gasteiger partial charge in [-0.1, -0.05) is 72.8 Å². The molecule has 0 bridgehead atoms. The number of alkyl halides is 1. The molecule has 0 aliphatic rings. The number of nitrogens with zero attached hydrogens (tertiary/aromatic N) is 1. The molecule has 3 aromatic carbocycles. The van der Waals surface area contributed by atoms with Gasteiger partial charge < -0.3 is 44.4 Å². The zero-order valence-corrected chi connectivity index (χ0v) is 24.2. The van der Waals surface area contributed by atoms with Crippen LogP contribution in [-0.2, 0) is 14.4 Å². The van der Waals surface area contributed by atoms with E-state index in [2.05, 4.69) is 77.7 Å². The number of ether oxygens (including phenoxy) is 1. The molecule has 0 saturated heterocycles. The summed E-state index contributed by atoms with van der Waals surface area (Å²) in [6.07, 6.45) is -1.91. The molecule has 3 aromatic rings. The van der Waals surface area contributed by atoms with Crippen molar-refractivity contribution in [3.63, 3.8) is 0 Å². The third-order valence-electron chi connectivity index (χ3n) is 6.03. The number of rotatable bonds is 14. The molecule has 0 aliphatic carbocycles. The summed E-state index contributed by atoms with van der Waals surface area (Å²) >= 11 is 6.21. The van der Waals surface area contributed by atoms with Crippen molar-refractivity contribution in [3.05, 3.63) is 102 Å². The Balaban J connectivity index is 0.000000401. The first-order valence-electron chi connectivity index (χ1n) is 13.1. The molecule has 0 fully saturated rings. The lowest BCUT2D eigenvalue weighted by molar-refractivity contribution is -0.339. The van der Waals surface area contributed by atoms with Crippen molar-refractivity contribution in [2.24, 2.45) is 0 Å². The predicted molar refractivity (Wildman–Crippen MR) is 154 cm³/mol. The van der Waals surface area contributed by atoms with Gasteiger partial charge in [-0.05, 0) is 60.5 Å². The maximum atomic E-state index is 10.1. The van der Waals surface area contributed by atoms with E-state index in [1.54, 1.807) is 0 Å². The maximum absolute atomic E-state index is 10.1. The maximum Gasteiger partial charge on any atom is 0.119 e. The minimum Gasteiger partial charge on any atom is -0.550 e. The van der Waals surface area contributed by atoms with E-state index in [1.165, 1.54) is 27.8 Å². The summed E-state index contributed by atoms with van der Waals surface area (Å²) in [6, 6.07) is 29.4. The van der Waals surface area contributed by atoms with Gasteiger partial charge in [-0.25, -0.2) is 0 Å². The van der Waals surface area contributed by atoms with E-state index in [4.69, 9.17) is 21.4 Å². The Kier molecular flexibility index (Phi) is 13.7. The molecule has 1 N–H and O–H groups in total. The molecule has 0 spiro atoms. The molecule has 0 radical (unpaired) electrons. The third-order valence-corrected chi connectivity index (χ3v) is 6.22. The normalized spacial score (nSPS) is 11.6. The summed E-state index contributed by atoms with van der Waals surface area (Å²) in [4.78, 5) is 32.1. The quantitative estimate of drug-likeness (QED) is 0.212. The van der Waals surface area contributed by atoms with Crippen molar-refractivity contribution < 1.29 is 39.5 Å². The molecule has 0 heterocycles. The van der Waals surface area contributed by atoms with E-state index in [0.29, 0.717) is 12.5 Å². The lowest BCUT2D eigenvalue weighted by Gasteiger charge is -2.29. The van der Waals surface area contributed by atoms with E-state index >= 15 is 0 Å². The molecule has 0 saturated carbocycles. The average Bonchev–Trinajstić information content (AvgIpc) is 2.94. The average molecular weight is 595 g/mol. The van der Waals surface area contributed by atoms with Crippen molar-refractivity contribution in [2.45, 2.75) is 24.9 Å². The van der Waals surface area contributed by atoms with E-state index in [0.717, 1.165) is 18.7 Å². The van der Waals surface area contributed by atoms with Crippen LogP contribution in [0, 0.1) is 0 Å². The molecule has 0 atom stereocenters. The molecule has 224 valence electrons. The first-order valence-corrected chi connectivity index (χ1v) is 13.6. The van der Waals surface area contributed by atoms with Gasteiger partial charge in [0.05, 0.1) is 5.97 Å². The summed E-state index contributed by atoms with van der Waals surface area (Å²) in [5.41, 5.74) is 3.07. The molecule has 9 nitrogen and oxygen atoms in total. The lowest BCUT2D eigenvalue weighted by Crippen LogP contribution is -2.54. The van der Waals surface area contributed by atoms with Crippen molar-refractivity contribution in [1.82, 2.24) is 4.90 Å². The van der Waals surface area contributed by atoms with Crippen LogP contribution in [0.3, 0.4) is 0 Å². The molecule has 42 heavy (non-hydrogen) atoms. The molecule has 0 unspecified atom stereocenters. The first-order chi connectivity index (χ1) is 20.0. The van der Waals surface area contributed by atoms with Crippen molar-refractivity contribution in [1.29, 1.82) is 0 Å². The number of carboxylic acid groups (broad SMARTS) is 3. The molecule has 0 amide bonds. The fourth-order valence-corrected chi connectivity index (χ4v) is 4.20. The Morgan fingerprint density at radius 1 is 0.786 bits per heavy atom. The third kappa shape index (κ3) is 11.0. The van der Waals surface area contributed by atoms with Crippen LogP contribution >= 0.6 is 11.6 Å². The van der Waals surface area contributed by atoms with Crippen LogP contribution in [0.4, 0.5) is 0 Å². The van der Waals surface area contributed by atoms with Crippen LogP contribution in [-0.4, -0.2) is 66.6 Å². The van der Waals surface area contributed by atoms with Crippen LogP contribution in [0.1, 0.15) is 36.0 Å². The number of aliphatic hydroxyl groups is 1. The highest BCUT2D eigenvalue weighted by Crippen LogP contribution is 2.35. The number of benzene rings is 3. The highest BCUT2D eigenvalue weighted by Gasteiger charge is 2.29. The second kappa shape index (κ2) is 16.9. The SMILES string of the molecule is CN(C)CCOc1ccc(/C(=C(/CCCl)c2ccccc2)c2ccccc2)cc1.O=C([O-])CC(O)(CC(=O)[O-])C(=O)[O-]. The monoisotopic (exact) mass is 594 g/mol. The minimum absolute atomic E-state index is 0.576. The molecular formula is C32H33ClNO8-3. The van der Waals surface area contributed by atoms with Gasteiger partial charge in [0.25, 0.3) is 0 Å². The van der Waals surface area contributed by atoms with Crippen LogP contribution in [0.2, 0.25) is 0 Å². The number of likely N-dealkylation sites (N-methyl/N-ethyl adjacent to an activating group) is 1. The van der Waals surface area contributed by atoms with Crippen LogP contribution < -0.4 is 20.1 Å². The number of carbonyl (C=O) groups excluding carboxylic acids is 3. The number of hydrogen-bond donors (Lipinski definition) is 1. The van der Waals surface area contributed by atoms with Gasteiger partial charge in [0.15, 0.2) is 0 Å². The molecule has 10 heteroatoms. The fraction of sp³-hybridized carbons (Fsp3) is 0.281. The number of carboxylic acids is 3. The van der Waals surface area contributed by atoms with Gasteiger partial charge >= 0.3 is 0 Å². The fourth-order valence-electron chi connectivity index (χ4n) is 4.02. The van der Waals surface area contributed by atoms with Gasteiger partial charge in [-0.15, -0.1) is 11.6 Å². The summed E-state index contributed by atoms with van der Waals surface area (Å²) in [6.45, 7) is 1.57. The second-order valence-corrected chi connectivity index (χ2v) is 10.00. The van der Waals surface area contributed by atoms with Crippen LogP contribution in [0.25, 0.3) is 11.1 Å². The van der Waals surface area contributed by atoms with Gasteiger partial charge in [0, 0.05) is 37.2 Å². The molecule has 0 aromatic heterocycles. The number of carbonyl (C=O) groups is 3. The van der Waals surface area contributed by atoms with Gasteiger partial charge in [-0.2, -0.15) is 0 Å². The topological polar surface area (TPSA) is 153 Å². The summed E-state index contributed by atoms with van der Waals surface area (Å²) in [5.74, 6) is -4.52. The summed E-state index contributed by atoms with van der Waals surface area (Å²) < 4.78 is 5.87. The Morgan fingerprint density at radius 2 is 1.26 bits per heavy atom. The Bertz CT molecular complexity index is 1310. The number of aliphatic carboxylic acids is 3. The van der Waals surface area contributed by atoms with E-state index < -0.39 is 36.4 Å². The van der Waals surface area contributed by atoms with Crippen molar-refractivity contribution >= 4 is 40.7 Å². The molecule has 0 aliphatic heterocycles. The van der Waals surface area contributed by atoms with E-state index in [1.807, 2.05) is 26.2 Å². The van der Waals surface area contributed by atoms with E-state index in [-0.39, 0.29) is 0 Å². The Labute approximate surface area is 250 Å². The summed E-state index contributed by atoms with van der Waals surface area (Å²) in [7, 11) is 4.09. The number of hydrogen-bond acceptors (Lipinski definition) is 9. The standard InChI is InChI=1S/C26H28ClNO.C6H8O7/c1-28(2)19-20-29-24-15-13-23(14-16-24)26(22-11-7-4-8-12-22)25(17-18-27)21-9-5-3-6-10-21;7-3(8)1-6(13,5(11)12)2-4(9)10/h3-16H,17-20H2,1-2H3;13H,1-2H2,(H,7,8)(H,9,10)(H,11,12)/p-3/b26-25-;. The Hall–Kier alpha value is -4.18. The zero-order chi connectivity index (χ0) is 31.1. The molecule has 3 rings (SSSR count). The van der Waals surface area contributed by atoms with Crippen LogP contribution in [0.5, 0.6) is 5.75 Å². The minimum atomic E-state index is -2.97. The number of halogens is 1. The lowest BCUT2D eigenvalue weighted by atomic mass is 9.88. The number of allylic oxidation sites excluding steroid dienone is 1. The first kappa shape index (κ1) is 34.0.